The third-order valence-corrected chi connectivity index (χ3v) is 7.12. The van der Waals surface area contributed by atoms with Crippen LogP contribution in [0.4, 0.5) is 4.79 Å². The summed E-state index contributed by atoms with van der Waals surface area (Å²) in [6.45, 7) is 15.3. The van der Waals surface area contributed by atoms with Crippen LogP contribution in [0.3, 0.4) is 0 Å². The predicted molar refractivity (Wildman–Crippen MR) is 159 cm³/mol. The quantitative estimate of drug-likeness (QED) is 0.339. The molecule has 3 atom stereocenters. The third-order valence-electron chi connectivity index (χ3n) is 7.12. The lowest BCUT2D eigenvalue weighted by atomic mass is 9.89. The Morgan fingerprint density at radius 3 is 2.08 bits per heavy atom. The van der Waals surface area contributed by atoms with Crippen LogP contribution in [0.5, 0.6) is 0 Å². The Labute approximate surface area is 240 Å². The summed E-state index contributed by atoms with van der Waals surface area (Å²) in [6, 6.07) is 14.8. The number of benzene rings is 2. The molecule has 0 aromatic heterocycles. The maximum atomic E-state index is 14.5. The van der Waals surface area contributed by atoms with Crippen LogP contribution in [0.2, 0.25) is 0 Å². The first-order valence-corrected chi connectivity index (χ1v) is 13.9. The second-order valence-corrected chi connectivity index (χ2v) is 11.8. The number of hydrogen-bond donors (Lipinski definition) is 2. The fraction of sp³-hybridized carbons (Fsp3) is 0.485. The van der Waals surface area contributed by atoms with Gasteiger partial charge in [-0.2, -0.15) is 0 Å². The summed E-state index contributed by atoms with van der Waals surface area (Å²) < 4.78 is 5.49. The van der Waals surface area contributed by atoms with Crippen LogP contribution in [-0.2, 0) is 20.9 Å². The van der Waals surface area contributed by atoms with Crippen molar-refractivity contribution in [1.29, 1.82) is 0 Å². The monoisotopic (exact) mass is 547 g/mol. The van der Waals surface area contributed by atoms with E-state index in [1.54, 1.807) is 49.9 Å². The predicted octanol–water partition coefficient (Wildman–Crippen LogP) is 5.98. The Balaban J connectivity index is 2.60. The molecule has 0 radical (unpaired) electrons. The topological polar surface area (TPSA) is 87.7 Å². The van der Waals surface area contributed by atoms with E-state index in [0.717, 1.165) is 5.56 Å². The maximum Gasteiger partial charge on any atom is 0.408 e. The molecule has 216 valence electrons. The molecule has 7 nitrogen and oxygen atoms in total. The lowest BCUT2D eigenvalue weighted by molar-refractivity contribution is -0.150. The van der Waals surface area contributed by atoms with Gasteiger partial charge in [-0.05, 0) is 70.2 Å². The Morgan fingerprint density at radius 2 is 1.57 bits per heavy atom. The van der Waals surface area contributed by atoms with Crippen LogP contribution in [0.15, 0.2) is 54.6 Å². The summed E-state index contributed by atoms with van der Waals surface area (Å²) in [5.74, 6) is 1.70. The SMILES string of the molecule is C#Cc1ccc(C(C(=O)NCc2ccccc2)N(C(=O)C(NC(=O)OC(C)(C)C)C(C)CC)C(C)(C)CC)cc1. The average molecular weight is 548 g/mol. The highest BCUT2D eigenvalue weighted by Crippen LogP contribution is 2.33. The van der Waals surface area contributed by atoms with Gasteiger partial charge < -0.3 is 20.3 Å². The van der Waals surface area contributed by atoms with E-state index < -0.39 is 29.3 Å². The van der Waals surface area contributed by atoms with E-state index in [4.69, 9.17) is 11.2 Å². The third kappa shape index (κ3) is 8.87. The molecule has 0 fully saturated rings. The van der Waals surface area contributed by atoms with Gasteiger partial charge in [-0.1, -0.05) is 75.6 Å². The minimum absolute atomic E-state index is 0.216. The lowest BCUT2D eigenvalue weighted by Crippen LogP contribution is -2.60. The highest BCUT2D eigenvalue weighted by molar-refractivity contribution is 5.93. The van der Waals surface area contributed by atoms with E-state index in [9.17, 15) is 14.4 Å². The Kier molecular flexibility index (Phi) is 11.4. The molecule has 2 aromatic rings. The van der Waals surface area contributed by atoms with Crippen molar-refractivity contribution in [1.82, 2.24) is 15.5 Å². The fourth-order valence-electron chi connectivity index (χ4n) is 4.27. The van der Waals surface area contributed by atoms with Crippen molar-refractivity contribution < 1.29 is 19.1 Å². The summed E-state index contributed by atoms with van der Waals surface area (Å²) >= 11 is 0. The van der Waals surface area contributed by atoms with E-state index in [0.29, 0.717) is 30.5 Å². The number of nitrogens with zero attached hydrogens (tertiary/aromatic N) is 1. The van der Waals surface area contributed by atoms with Crippen molar-refractivity contribution in [3.05, 3.63) is 71.3 Å². The molecule has 0 aliphatic heterocycles. The van der Waals surface area contributed by atoms with E-state index in [1.807, 2.05) is 65.0 Å². The zero-order chi connectivity index (χ0) is 30.1. The van der Waals surface area contributed by atoms with Gasteiger partial charge in [-0.15, -0.1) is 6.42 Å². The molecule has 0 saturated carbocycles. The Bertz CT molecular complexity index is 1180. The van der Waals surface area contributed by atoms with Gasteiger partial charge in [0.15, 0.2) is 0 Å². The standard InChI is InChI=1S/C33H45N3O4/c1-10-23(4)27(35-31(39)40-32(5,6)7)30(38)36(33(8,9)12-3)28(26-20-18-24(11-2)19-21-26)29(37)34-22-25-16-14-13-15-17-25/h2,13-21,23,27-28H,10,12,22H2,1,3-9H3,(H,34,37)(H,35,39). The molecule has 0 aliphatic carbocycles. The highest BCUT2D eigenvalue weighted by Gasteiger charge is 2.44. The number of terminal acetylenes is 1. The van der Waals surface area contributed by atoms with Crippen LogP contribution in [-0.4, -0.2) is 40.0 Å². The van der Waals surface area contributed by atoms with Crippen molar-refractivity contribution in [2.75, 3.05) is 0 Å². The summed E-state index contributed by atoms with van der Waals surface area (Å²) in [5, 5.41) is 5.84. The molecule has 0 spiro atoms. The second kappa shape index (κ2) is 14.0. The number of amides is 3. The van der Waals surface area contributed by atoms with Gasteiger partial charge >= 0.3 is 6.09 Å². The van der Waals surface area contributed by atoms with Crippen LogP contribution in [0.1, 0.15) is 91.0 Å². The van der Waals surface area contributed by atoms with Crippen LogP contribution >= 0.6 is 0 Å². The van der Waals surface area contributed by atoms with E-state index in [-0.39, 0.29) is 17.7 Å². The van der Waals surface area contributed by atoms with Gasteiger partial charge in [-0.3, -0.25) is 9.59 Å². The van der Waals surface area contributed by atoms with Crippen molar-refractivity contribution in [3.63, 3.8) is 0 Å². The molecule has 2 aromatic carbocycles. The highest BCUT2D eigenvalue weighted by atomic mass is 16.6. The fourth-order valence-corrected chi connectivity index (χ4v) is 4.27. The van der Waals surface area contributed by atoms with E-state index >= 15 is 0 Å². The summed E-state index contributed by atoms with van der Waals surface area (Å²) in [6.07, 6.45) is 6.11. The van der Waals surface area contributed by atoms with Crippen LogP contribution < -0.4 is 10.6 Å². The molecular formula is C33H45N3O4. The van der Waals surface area contributed by atoms with Crippen LogP contribution in [0.25, 0.3) is 0 Å². The molecule has 0 aliphatic rings. The number of rotatable bonds is 11. The molecule has 2 N–H and O–H groups in total. The summed E-state index contributed by atoms with van der Waals surface area (Å²) in [7, 11) is 0. The second-order valence-electron chi connectivity index (χ2n) is 11.8. The zero-order valence-corrected chi connectivity index (χ0v) is 25.2. The maximum absolute atomic E-state index is 14.5. The van der Waals surface area contributed by atoms with Gasteiger partial charge in [0.1, 0.15) is 17.7 Å². The molecule has 0 heterocycles. The number of hydrogen-bond acceptors (Lipinski definition) is 4. The van der Waals surface area contributed by atoms with Gasteiger partial charge in [0.25, 0.3) is 0 Å². The molecule has 7 heteroatoms. The van der Waals surface area contributed by atoms with Crippen molar-refractivity contribution in [2.45, 2.75) is 98.0 Å². The minimum atomic E-state index is -0.968. The molecule has 3 amide bonds. The van der Waals surface area contributed by atoms with Gasteiger partial charge in [0, 0.05) is 17.6 Å². The zero-order valence-electron chi connectivity index (χ0n) is 25.2. The summed E-state index contributed by atoms with van der Waals surface area (Å²) in [4.78, 5) is 43.0. The molecule has 2 rings (SSSR count). The van der Waals surface area contributed by atoms with Gasteiger partial charge in [0.2, 0.25) is 11.8 Å². The Morgan fingerprint density at radius 1 is 0.975 bits per heavy atom. The first kappa shape index (κ1) is 32.4. The first-order valence-electron chi connectivity index (χ1n) is 13.9. The van der Waals surface area contributed by atoms with E-state index in [1.165, 1.54) is 0 Å². The number of carbonyl (C=O) groups is 3. The Hall–Kier alpha value is -3.79. The molecule has 0 saturated heterocycles. The smallest absolute Gasteiger partial charge is 0.408 e. The van der Waals surface area contributed by atoms with Crippen molar-refractivity contribution in [3.8, 4) is 12.3 Å². The molecular weight excluding hydrogens is 502 g/mol. The average Bonchev–Trinajstić information content (AvgIpc) is 2.92. The number of nitrogens with one attached hydrogen (secondary N) is 2. The van der Waals surface area contributed by atoms with Crippen LogP contribution in [0, 0.1) is 18.3 Å². The normalized spacial score (nSPS) is 13.8. The lowest BCUT2D eigenvalue weighted by Gasteiger charge is -2.45. The first-order chi connectivity index (χ1) is 18.7. The minimum Gasteiger partial charge on any atom is -0.444 e. The summed E-state index contributed by atoms with van der Waals surface area (Å²) in [5.41, 5.74) is 0.768. The van der Waals surface area contributed by atoms with Crippen molar-refractivity contribution >= 4 is 17.9 Å². The number of alkyl carbamates (subject to hydrolysis) is 1. The number of carbonyl (C=O) groups excluding carboxylic acids is 3. The molecule has 40 heavy (non-hydrogen) atoms. The van der Waals surface area contributed by atoms with Gasteiger partial charge in [-0.25, -0.2) is 4.79 Å². The van der Waals surface area contributed by atoms with Gasteiger partial charge in [0.05, 0.1) is 0 Å². The van der Waals surface area contributed by atoms with Crippen molar-refractivity contribution in [2.24, 2.45) is 5.92 Å². The molecule has 0 bridgehead atoms. The largest absolute Gasteiger partial charge is 0.444 e. The molecule has 3 unspecified atom stereocenters. The number of ether oxygens (including phenoxy) is 1. The van der Waals surface area contributed by atoms with E-state index in [2.05, 4.69) is 16.6 Å².